The zero-order valence-electron chi connectivity index (χ0n) is 11.4. The van der Waals surface area contributed by atoms with E-state index in [9.17, 15) is 9.59 Å². The molecule has 1 amide bonds. The zero-order chi connectivity index (χ0) is 13.3. The molecule has 0 rings (SSSR count). The van der Waals surface area contributed by atoms with Crippen LogP contribution in [0.1, 0.15) is 53.4 Å². The van der Waals surface area contributed by atoms with Crippen molar-refractivity contribution in [3.8, 4) is 0 Å². The Labute approximate surface area is 104 Å². The summed E-state index contributed by atoms with van der Waals surface area (Å²) in [6, 6.07) is -0.557. The van der Waals surface area contributed by atoms with E-state index in [-0.39, 0.29) is 17.8 Å². The van der Waals surface area contributed by atoms with Crippen molar-refractivity contribution in [1.82, 2.24) is 5.32 Å². The molecule has 0 bridgehead atoms. The van der Waals surface area contributed by atoms with Crippen molar-refractivity contribution in [2.75, 3.05) is 6.61 Å². The fourth-order valence-electron chi connectivity index (χ4n) is 1.76. The number of ether oxygens (including phenoxy) is 1. The molecule has 0 aliphatic heterocycles. The maximum atomic E-state index is 11.9. The van der Waals surface area contributed by atoms with Gasteiger partial charge in [-0.15, -0.1) is 0 Å². The SMILES string of the molecule is CCCC(CCC)C(=O)N[C@@H](C)C(=O)OCC. The van der Waals surface area contributed by atoms with E-state index in [0.717, 1.165) is 25.7 Å². The standard InChI is InChI=1S/C13H25NO3/c1-5-8-11(9-6-2)12(15)14-10(4)13(16)17-7-3/h10-11H,5-9H2,1-4H3,(H,14,15)/t10-/m0/s1. The van der Waals surface area contributed by atoms with Crippen molar-refractivity contribution in [2.45, 2.75) is 59.4 Å². The molecular weight excluding hydrogens is 218 g/mol. The average molecular weight is 243 g/mol. The Morgan fingerprint density at radius 2 is 1.65 bits per heavy atom. The molecule has 0 fully saturated rings. The first-order chi connectivity index (χ1) is 8.06. The highest BCUT2D eigenvalue weighted by Crippen LogP contribution is 2.13. The third-order valence-corrected chi connectivity index (χ3v) is 2.64. The number of rotatable bonds is 8. The second kappa shape index (κ2) is 9.02. The largest absolute Gasteiger partial charge is 0.464 e. The second-order valence-corrected chi connectivity index (χ2v) is 4.26. The van der Waals surface area contributed by atoms with Crippen LogP contribution < -0.4 is 5.32 Å². The van der Waals surface area contributed by atoms with Gasteiger partial charge in [-0.05, 0) is 26.7 Å². The third-order valence-electron chi connectivity index (χ3n) is 2.64. The van der Waals surface area contributed by atoms with E-state index in [0.29, 0.717) is 6.61 Å². The van der Waals surface area contributed by atoms with E-state index in [4.69, 9.17) is 4.74 Å². The van der Waals surface area contributed by atoms with Gasteiger partial charge in [0.1, 0.15) is 6.04 Å². The van der Waals surface area contributed by atoms with Gasteiger partial charge in [-0.3, -0.25) is 4.79 Å². The number of hydrogen-bond donors (Lipinski definition) is 1. The van der Waals surface area contributed by atoms with Crippen LogP contribution in [0.2, 0.25) is 0 Å². The summed E-state index contributed by atoms with van der Waals surface area (Å²) in [5, 5.41) is 2.72. The van der Waals surface area contributed by atoms with E-state index >= 15 is 0 Å². The van der Waals surface area contributed by atoms with Gasteiger partial charge in [0, 0.05) is 5.92 Å². The Kier molecular flexibility index (Phi) is 8.46. The fourth-order valence-corrected chi connectivity index (χ4v) is 1.76. The first-order valence-electron chi connectivity index (χ1n) is 6.53. The fraction of sp³-hybridized carbons (Fsp3) is 0.846. The quantitative estimate of drug-likeness (QED) is 0.665. The molecule has 0 aromatic rings. The minimum atomic E-state index is -0.557. The van der Waals surface area contributed by atoms with Gasteiger partial charge in [0.25, 0.3) is 0 Å². The predicted molar refractivity (Wildman–Crippen MR) is 67.5 cm³/mol. The molecule has 0 saturated heterocycles. The second-order valence-electron chi connectivity index (χ2n) is 4.26. The van der Waals surface area contributed by atoms with Gasteiger partial charge in [0.15, 0.2) is 0 Å². The highest BCUT2D eigenvalue weighted by atomic mass is 16.5. The number of esters is 1. The lowest BCUT2D eigenvalue weighted by Gasteiger charge is -2.18. The molecule has 0 spiro atoms. The van der Waals surface area contributed by atoms with E-state index in [1.54, 1.807) is 13.8 Å². The monoisotopic (exact) mass is 243 g/mol. The van der Waals surface area contributed by atoms with Crippen molar-refractivity contribution >= 4 is 11.9 Å². The minimum absolute atomic E-state index is 0.0156. The summed E-state index contributed by atoms with van der Waals surface area (Å²) in [6.45, 7) is 7.87. The molecule has 4 nitrogen and oxygen atoms in total. The first-order valence-corrected chi connectivity index (χ1v) is 6.53. The van der Waals surface area contributed by atoms with Crippen molar-refractivity contribution in [1.29, 1.82) is 0 Å². The maximum absolute atomic E-state index is 11.9. The van der Waals surface area contributed by atoms with Crippen molar-refractivity contribution in [2.24, 2.45) is 5.92 Å². The highest BCUT2D eigenvalue weighted by molar-refractivity contribution is 5.85. The van der Waals surface area contributed by atoms with Crippen LogP contribution in [-0.4, -0.2) is 24.5 Å². The first kappa shape index (κ1) is 15.9. The summed E-state index contributed by atoms with van der Waals surface area (Å²) >= 11 is 0. The van der Waals surface area contributed by atoms with Crippen LogP contribution in [0.4, 0.5) is 0 Å². The van der Waals surface area contributed by atoms with E-state index < -0.39 is 6.04 Å². The summed E-state index contributed by atoms with van der Waals surface area (Å²) < 4.78 is 4.85. The van der Waals surface area contributed by atoms with Crippen LogP contribution in [0.25, 0.3) is 0 Å². The van der Waals surface area contributed by atoms with Crippen LogP contribution >= 0.6 is 0 Å². The van der Waals surface area contributed by atoms with Crippen LogP contribution in [0, 0.1) is 5.92 Å². The molecule has 17 heavy (non-hydrogen) atoms. The summed E-state index contributed by atoms with van der Waals surface area (Å²) in [5.41, 5.74) is 0. The van der Waals surface area contributed by atoms with Crippen molar-refractivity contribution in [3.63, 3.8) is 0 Å². The molecule has 0 saturated carbocycles. The Morgan fingerprint density at radius 3 is 2.06 bits per heavy atom. The molecule has 0 aliphatic carbocycles. The lowest BCUT2D eigenvalue weighted by Crippen LogP contribution is -2.42. The van der Waals surface area contributed by atoms with Gasteiger partial charge in [0.2, 0.25) is 5.91 Å². The summed E-state index contributed by atoms with van der Waals surface area (Å²) in [5.74, 6) is -0.385. The van der Waals surface area contributed by atoms with Gasteiger partial charge >= 0.3 is 5.97 Å². The topological polar surface area (TPSA) is 55.4 Å². The van der Waals surface area contributed by atoms with Gasteiger partial charge in [-0.2, -0.15) is 0 Å². The number of nitrogens with one attached hydrogen (secondary N) is 1. The zero-order valence-corrected chi connectivity index (χ0v) is 11.4. The van der Waals surface area contributed by atoms with Gasteiger partial charge in [-0.25, -0.2) is 4.79 Å². The highest BCUT2D eigenvalue weighted by Gasteiger charge is 2.22. The number of carbonyl (C=O) groups is 2. The lowest BCUT2D eigenvalue weighted by atomic mass is 9.97. The molecule has 1 N–H and O–H groups in total. The molecule has 0 radical (unpaired) electrons. The summed E-state index contributed by atoms with van der Waals surface area (Å²) in [7, 11) is 0. The molecule has 100 valence electrons. The van der Waals surface area contributed by atoms with E-state index in [2.05, 4.69) is 19.2 Å². The Bertz CT molecular complexity index is 235. The minimum Gasteiger partial charge on any atom is -0.464 e. The lowest BCUT2D eigenvalue weighted by molar-refractivity contribution is -0.147. The van der Waals surface area contributed by atoms with Crippen LogP contribution in [0.15, 0.2) is 0 Å². The van der Waals surface area contributed by atoms with Gasteiger partial charge < -0.3 is 10.1 Å². The van der Waals surface area contributed by atoms with Crippen LogP contribution in [-0.2, 0) is 14.3 Å². The Balaban J connectivity index is 4.23. The molecule has 0 aromatic heterocycles. The van der Waals surface area contributed by atoms with Crippen LogP contribution in [0.3, 0.4) is 0 Å². The molecule has 4 heteroatoms. The molecule has 1 atom stereocenters. The third kappa shape index (κ3) is 6.29. The normalized spacial score (nSPS) is 12.3. The van der Waals surface area contributed by atoms with Crippen molar-refractivity contribution < 1.29 is 14.3 Å². The maximum Gasteiger partial charge on any atom is 0.328 e. The summed E-state index contributed by atoms with van der Waals surface area (Å²) in [4.78, 5) is 23.3. The molecule has 0 unspecified atom stereocenters. The van der Waals surface area contributed by atoms with E-state index in [1.807, 2.05) is 0 Å². The number of carbonyl (C=O) groups excluding carboxylic acids is 2. The molecular formula is C13H25NO3. The molecule has 0 aliphatic rings. The predicted octanol–water partition coefficient (Wildman–Crippen LogP) is 2.27. The van der Waals surface area contributed by atoms with E-state index in [1.165, 1.54) is 0 Å². The molecule has 0 aromatic carbocycles. The van der Waals surface area contributed by atoms with Crippen molar-refractivity contribution in [3.05, 3.63) is 0 Å². The molecule has 0 heterocycles. The number of amides is 1. The van der Waals surface area contributed by atoms with Gasteiger partial charge in [-0.1, -0.05) is 26.7 Å². The Hall–Kier alpha value is -1.06. The average Bonchev–Trinajstić information content (AvgIpc) is 2.28. The smallest absolute Gasteiger partial charge is 0.328 e. The van der Waals surface area contributed by atoms with Crippen LogP contribution in [0.5, 0.6) is 0 Å². The number of hydrogen-bond acceptors (Lipinski definition) is 3. The summed E-state index contributed by atoms with van der Waals surface area (Å²) in [6.07, 6.45) is 3.70. The van der Waals surface area contributed by atoms with Gasteiger partial charge in [0.05, 0.1) is 6.61 Å². The Morgan fingerprint density at radius 1 is 1.12 bits per heavy atom.